The van der Waals surface area contributed by atoms with Crippen LogP contribution in [-0.2, 0) is 0 Å². The first-order valence-corrected chi connectivity index (χ1v) is 4.92. The molecule has 0 amide bonds. The molecule has 0 saturated heterocycles. The largest absolute Gasteiger partial charge is 0.478 e. The first-order chi connectivity index (χ1) is 8.08. The Bertz CT molecular complexity index is 582. The molecule has 0 unspecified atom stereocenters. The number of carboxylic acid groups (broad SMARTS) is 1. The normalized spacial score (nSPS) is 10.1. The molecular formula is C12H11N3O2. The number of aromatic carboxylic acids is 1. The van der Waals surface area contributed by atoms with Crippen molar-refractivity contribution in [3.8, 4) is 11.1 Å². The molecule has 17 heavy (non-hydrogen) atoms. The highest BCUT2D eigenvalue weighted by atomic mass is 16.4. The number of pyridine rings is 1. The minimum atomic E-state index is -1.10. The predicted octanol–water partition coefficient (Wildman–Crippen LogP) is 1.61. The second kappa shape index (κ2) is 4.13. The number of hydrogen-bond acceptors (Lipinski definition) is 4. The molecule has 0 aliphatic carbocycles. The molecule has 0 spiro atoms. The number of nitrogen functional groups attached to an aromatic ring is 2. The zero-order valence-corrected chi connectivity index (χ0v) is 8.92. The summed E-state index contributed by atoms with van der Waals surface area (Å²) in [6, 6.07) is 8.61. The molecule has 0 fully saturated rings. The highest BCUT2D eigenvalue weighted by Crippen LogP contribution is 2.23. The molecule has 1 aromatic heterocycles. The SMILES string of the molecule is Nc1cccc(-c2cnc(N)c(C(=O)O)c2)c1. The fourth-order valence-electron chi connectivity index (χ4n) is 1.52. The van der Waals surface area contributed by atoms with Crippen LogP contribution >= 0.6 is 0 Å². The quantitative estimate of drug-likeness (QED) is 0.679. The Kier molecular flexibility index (Phi) is 2.66. The van der Waals surface area contributed by atoms with Crippen molar-refractivity contribution < 1.29 is 9.90 Å². The van der Waals surface area contributed by atoms with Crippen molar-refractivity contribution >= 4 is 17.5 Å². The summed E-state index contributed by atoms with van der Waals surface area (Å²) >= 11 is 0. The summed E-state index contributed by atoms with van der Waals surface area (Å²) in [6.45, 7) is 0. The van der Waals surface area contributed by atoms with Gasteiger partial charge in [-0.25, -0.2) is 9.78 Å². The Morgan fingerprint density at radius 1 is 1.18 bits per heavy atom. The minimum Gasteiger partial charge on any atom is -0.478 e. The van der Waals surface area contributed by atoms with Gasteiger partial charge in [0.1, 0.15) is 11.4 Å². The van der Waals surface area contributed by atoms with E-state index in [-0.39, 0.29) is 11.4 Å². The predicted molar refractivity (Wildman–Crippen MR) is 65.5 cm³/mol. The van der Waals surface area contributed by atoms with Gasteiger partial charge in [0.15, 0.2) is 0 Å². The van der Waals surface area contributed by atoms with Crippen molar-refractivity contribution in [2.45, 2.75) is 0 Å². The second-order valence-corrected chi connectivity index (χ2v) is 3.59. The summed E-state index contributed by atoms with van der Waals surface area (Å²) in [7, 11) is 0. The first kappa shape index (κ1) is 10.9. The maximum atomic E-state index is 10.9. The number of nitrogens with zero attached hydrogens (tertiary/aromatic N) is 1. The summed E-state index contributed by atoms with van der Waals surface area (Å²) in [5.41, 5.74) is 13.2. The lowest BCUT2D eigenvalue weighted by molar-refractivity contribution is 0.0698. The molecule has 0 aliphatic heterocycles. The van der Waals surface area contributed by atoms with Crippen LogP contribution in [0.1, 0.15) is 10.4 Å². The molecule has 1 heterocycles. The maximum absolute atomic E-state index is 10.9. The molecule has 2 aromatic rings. The topological polar surface area (TPSA) is 102 Å². The summed E-state index contributed by atoms with van der Waals surface area (Å²) in [5, 5.41) is 8.95. The van der Waals surface area contributed by atoms with Crippen LogP contribution in [0.15, 0.2) is 36.5 Å². The Labute approximate surface area is 97.7 Å². The number of nitrogens with two attached hydrogens (primary N) is 2. The molecule has 0 radical (unpaired) electrons. The van der Waals surface area contributed by atoms with Crippen LogP contribution in [0.4, 0.5) is 11.5 Å². The molecule has 0 aliphatic rings. The minimum absolute atomic E-state index is 0.00477. The third kappa shape index (κ3) is 2.17. The molecule has 5 heteroatoms. The zero-order chi connectivity index (χ0) is 12.4. The van der Waals surface area contributed by atoms with Gasteiger partial charge in [0, 0.05) is 17.4 Å². The van der Waals surface area contributed by atoms with Crippen LogP contribution < -0.4 is 11.5 Å². The monoisotopic (exact) mass is 229 g/mol. The molecule has 0 saturated carbocycles. The average Bonchev–Trinajstić information content (AvgIpc) is 2.29. The van der Waals surface area contributed by atoms with Gasteiger partial charge < -0.3 is 16.6 Å². The highest BCUT2D eigenvalue weighted by molar-refractivity contribution is 5.94. The lowest BCUT2D eigenvalue weighted by Gasteiger charge is -2.05. The van der Waals surface area contributed by atoms with E-state index in [1.807, 2.05) is 6.07 Å². The number of benzene rings is 1. The second-order valence-electron chi connectivity index (χ2n) is 3.59. The fourth-order valence-corrected chi connectivity index (χ4v) is 1.52. The van der Waals surface area contributed by atoms with Gasteiger partial charge in [-0.1, -0.05) is 12.1 Å². The summed E-state index contributed by atoms with van der Waals surface area (Å²) in [4.78, 5) is 14.8. The van der Waals surface area contributed by atoms with Gasteiger partial charge in [0.25, 0.3) is 0 Å². The summed E-state index contributed by atoms with van der Waals surface area (Å²) < 4.78 is 0. The van der Waals surface area contributed by atoms with Gasteiger partial charge in [0.05, 0.1) is 0 Å². The van der Waals surface area contributed by atoms with Crippen LogP contribution in [0.5, 0.6) is 0 Å². The Balaban J connectivity index is 2.54. The van der Waals surface area contributed by atoms with Crippen LogP contribution in [0, 0.1) is 0 Å². The van der Waals surface area contributed by atoms with Gasteiger partial charge in [-0.05, 0) is 23.8 Å². The molecule has 86 valence electrons. The number of rotatable bonds is 2. The lowest BCUT2D eigenvalue weighted by Crippen LogP contribution is -2.04. The third-order valence-corrected chi connectivity index (χ3v) is 2.37. The number of anilines is 2. The fraction of sp³-hybridized carbons (Fsp3) is 0. The average molecular weight is 229 g/mol. The van der Waals surface area contributed by atoms with E-state index in [9.17, 15) is 4.79 Å². The molecule has 5 N–H and O–H groups in total. The van der Waals surface area contributed by atoms with Crippen molar-refractivity contribution in [2.75, 3.05) is 11.5 Å². The van der Waals surface area contributed by atoms with E-state index in [2.05, 4.69) is 4.98 Å². The smallest absolute Gasteiger partial charge is 0.339 e. The zero-order valence-electron chi connectivity index (χ0n) is 8.92. The van der Waals surface area contributed by atoms with Gasteiger partial charge in [-0.2, -0.15) is 0 Å². The Morgan fingerprint density at radius 2 is 1.94 bits per heavy atom. The first-order valence-electron chi connectivity index (χ1n) is 4.92. The van der Waals surface area contributed by atoms with Crippen LogP contribution in [0.2, 0.25) is 0 Å². The van der Waals surface area contributed by atoms with E-state index in [0.29, 0.717) is 11.3 Å². The Hall–Kier alpha value is -2.56. The molecule has 2 rings (SSSR count). The van der Waals surface area contributed by atoms with Crippen molar-refractivity contribution in [2.24, 2.45) is 0 Å². The van der Waals surface area contributed by atoms with Gasteiger partial charge in [-0.3, -0.25) is 0 Å². The van der Waals surface area contributed by atoms with E-state index in [1.165, 1.54) is 12.3 Å². The van der Waals surface area contributed by atoms with Gasteiger partial charge in [0.2, 0.25) is 0 Å². The van der Waals surface area contributed by atoms with E-state index in [1.54, 1.807) is 18.2 Å². The lowest BCUT2D eigenvalue weighted by atomic mass is 10.1. The van der Waals surface area contributed by atoms with E-state index in [4.69, 9.17) is 16.6 Å². The summed E-state index contributed by atoms with van der Waals surface area (Å²) in [5.74, 6) is -1.09. The third-order valence-electron chi connectivity index (χ3n) is 2.37. The molecule has 0 atom stereocenters. The van der Waals surface area contributed by atoms with Crippen LogP contribution in [0.25, 0.3) is 11.1 Å². The van der Waals surface area contributed by atoms with Gasteiger partial charge >= 0.3 is 5.97 Å². The number of carbonyl (C=O) groups is 1. The molecule has 0 bridgehead atoms. The van der Waals surface area contributed by atoms with E-state index < -0.39 is 5.97 Å². The van der Waals surface area contributed by atoms with Crippen molar-refractivity contribution in [1.82, 2.24) is 4.98 Å². The summed E-state index contributed by atoms with van der Waals surface area (Å²) in [6.07, 6.45) is 1.52. The van der Waals surface area contributed by atoms with E-state index in [0.717, 1.165) is 5.56 Å². The molecular weight excluding hydrogens is 218 g/mol. The number of hydrogen-bond donors (Lipinski definition) is 3. The molecule has 1 aromatic carbocycles. The van der Waals surface area contributed by atoms with Crippen LogP contribution in [-0.4, -0.2) is 16.1 Å². The number of aromatic nitrogens is 1. The molecule has 5 nitrogen and oxygen atoms in total. The Morgan fingerprint density at radius 3 is 2.59 bits per heavy atom. The maximum Gasteiger partial charge on any atom is 0.339 e. The standard InChI is InChI=1S/C12H11N3O2/c13-9-3-1-2-7(4-9)8-5-10(12(16)17)11(14)15-6-8/h1-6H,13H2,(H2,14,15)(H,16,17). The number of carboxylic acids is 1. The van der Waals surface area contributed by atoms with Gasteiger partial charge in [-0.15, -0.1) is 0 Å². The van der Waals surface area contributed by atoms with Crippen molar-refractivity contribution in [3.05, 3.63) is 42.1 Å². The van der Waals surface area contributed by atoms with Crippen molar-refractivity contribution in [1.29, 1.82) is 0 Å². The van der Waals surface area contributed by atoms with Crippen molar-refractivity contribution in [3.63, 3.8) is 0 Å². The van der Waals surface area contributed by atoms with Crippen LogP contribution in [0.3, 0.4) is 0 Å². The van der Waals surface area contributed by atoms with E-state index >= 15 is 0 Å². The highest BCUT2D eigenvalue weighted by Gasteiger charge is 2.10.